The summed E-state index contributed by atoms with van der Waals surface area (Å²) in [5, 5.41) is 29.1. The number of nitro benzene ring substituents is 1. The lowest BCUT2D eigenvalue weighted by Crippen LogP contribution is -2.37. The van der Waals surface area contributed by atoms with Crippen LogP contribution in [0.1, 0.15) is 18.9 Å². The van der Waals surface area contributed by atoms with E-state index in [1.54, 1.807) is 0 Å². The van der Waals surface area contributed by atoms with E-state index in [0.717, 1.165) is 12.1 Å². The number of hydrogen-bond donors (Lipinski definition) is 2. The number of hydrogen-bond acceptors (Lipinski definition) is 5. The SMILES string of the molecule is CC[C@]1(C(=O)O)O[C@@]1(C(=O)O)c1ccc([N+](=O)[O-])cc1. The average molecular weight is 281 g/mol. The van der Waals surface area contributed by atoms with E-state index < -0.39 is 28.1 Å². The molecular weight excluding hydrogens is 270 g/mol. The Kier molecular flexibility index (Phi) is 2.98. The molecule has 0 unspecified atom stereocenters. The minimum absolute atomic E-state index is 0.0361. The number of nitrogens with zero attached hydrogens (tertiary/aromatic N) is 1. The number of carboxylic acid groups (broad SMARTS) is 2. The van der Waals surface area contributed by atoms with Gasteiger partial charge in [-0.2, -0.15) is 0 Å². The van der Waals surface area contributed by atoms with Gasteiger partial charge in [-0.25, -0.2) is 9.59 Å². The summed E-state index contributed by atoms with van der Waals surface area (Å²) >= 11 is 0. The van der Waals surface area contributed by atoms with E-state index in [1.807, 2.05) is 0 Å². The number of ether oxygens (including phenoxy) is 1. The van der Waals surface area contributed by atoms with E-state index in [0.29, 0.717) is 0 Å². The third-order valence-electron chi connectivity index (χ3n) is 3.48. The molecule has 0 bridgehead atoms. The summed E-state index contributed by atoms with van der Waals surface area (Å²) in [6, 6.07) is 4.63. The molecule has 1 saturated heterocycles. The maximum absolute atomic E-state index is 11.5. The fourth-order valence-corrected chi connectivity index (χ4v) is 2.35. The van der Waals surface area contributed by atoms with Gasteiger partial charge < -0.3 is 14.9 Å². The number of epoxide rings is 1. The van der Waals surface area contributed by atoms with Crippen LogP contribution in [0.2, 0.25) is 0 Å². The second kappa shape index (κ2) is 4.27. The Labute approximate surface area is 112 Å². The summed E-state index contributed by atoms with van der Waals surface area (Å²) in [7, 11) is 0. The first kappa shape index (κ1) is 13.9. The fourth-order valence-electron chi connectivity index (χ4n) is 2.35. The van der Waals surface area contributed by atoms with Gasteiger partial charge in [-0.05, 0) is 24.1 Å². The number of rotatable bonds is 5. The van der Waals surface area contributed by atoms with E-state index in [2.05, 4.69) is 0 Å². The van der Waals surface area contributed by atoms with E-state index in [9.17, 15) is 29.9 Å². The van der Waals surface area contributed by atoms with Crippen LogP contribution in [0.4, 0.5) is 5.69 Å². The van der Waals surface area contributed by atoms with Crippen molar-refractivity contribution in [2.45, 2.75) is 24.5 Å². The minimum Gasteiger partial charge on any atom is -0.479 e. The van der Waals surface area contributed by atoms with E-state index >= 15 is 0 Å². The van der Waals surface area contributed by atoms with Gasteiger partial charge in [-0.15, -0.1) is 0 Å². The lowest BCUT2D eigenvalue weighted by Gasteiger charge is -2.12. The number of non-ortho nitro benzene ring substituents is 1. The molecule has 1 aliphatic heterocycles. The number of carboxylic acids is 2. The molecule has 0 saturated carbocycles. The molecule has 2 atom stereocenters. The minimum atomic E-state index is -2.00. The van der Waals surface area contributed by atoms with Gasteiger partial charge >= 0.3 is 11.9 Å². The summed E-state index contributed by atoms with van der Waals surface area (Å²) < 4.78 is 5.08. The summed E-state index contributed by atoms with van der Waals surface area (Å²) in [4.78, 5) is 32.7. The Morgan fingerprint density at radius 3 is 2.10 bits per heavy atom. The Morgan fingerprint density at radius 1 is 1.25 bits per heavy atom. The second-order valence-corrected chi connectivity index (χ2v) is 4.38. The van der Waals surface area contributed by atoms with Crippen molar-refractivity contribution in [1.29, 1.82) is 0 Å². The Morgan fingerprint density at radius 2 is 1.80 bits per heavy atom. The monoisotopic (exact) mass is 281 g/mol. The average Bonchev–Trinajstić information content (AvgIpc) is 3.11. The van der Waals surface area contributed by atoms with Crippen LogP contribution in [0.25, 0.3) is 0 Å². The lowest BCUT2D eigenvalue weighted by molar-refractivity contribution is -0.384. The molecular formula is C12H11NO7. The first-order chi connectivity index (χ1) is 9.31. The predicted molar refractivity (Wildman–Crippen MR) is 64.2 cm³/mol. The van der Waals surface area contributed by atoms with Gasteiger partial charge in [0.1, 0.15) is 0 Å². The first-order valence-electron chi connectivity index (χ1n) is 5.73. The van der Waals surface area contributed by atoms with Crippen molar-refractivity contribution in [2.24, 2.45) is 0 Å². The molecule has 106 valence electrons. The number of aliphatic carboxylic acids is 2. The molecule has 0 radical (unpaired) electrons. The lowest BCUT2D eigenvalue weighted by atomic mass is 9.84. The third-order valence-corrected chi connectivity index (χ3v) is 3.48. The highest BCUT2D eigenvalue weighted by molar-refractivity contribution is 5.97. The number of nitro groups is 1. The summed E-state index contributed by atoms with van der Waals surface area (Å²) in [6.07, 6.45) is -0.0361. The van der Waals surface area contributed by atoms with E-state index in [-0.39, 0.29) is 17.7 Å². The summed E-state index contributed by atoms with van der Waals surface area (Å²) in [5.41, 5.74) is -3.98. The molecule has 0 aromatic heterocycles. The van der Waals surface area contributed by atoms with E-state index in [4.69, 9.17) is 4.74 Å². The fraction of sp³-hybridized carbons (Fsp3) is 0.333. The Bertz CT molecular complexity index is 596. The van der Waals surface area contributed by atoms with Crippen molar-refractivity contribution in [3.05, 3.63) is 39.9 Å². The summed E-state index contributed by atoms with van der Waals surface area (Å²) in [5.74, 6) is -2.81. The highest BCUT2D eigenvalue weighted by atomic mass is 16.7. The Hall–Kier alpha value is -2.48. The summed E-state index contributed by atoms with van der Waals surface area (Å²) in [6.45, 7) is 1.50. The number of benzene rings is 1. The van der Waals surface area contributed by atoms with Crippen LogP contribution in [0.3, 0.4) is 0 Å². The van der Waals surface area contributed by atoms with Crippen molar-refractivity contribution < 1.29 is 29.5 Å². The van der Waals surface area contributed by atoms with Gasteiger partial charge in [-0.3, -0.25) is 10.1 Å². The molecule has 0 spiro atoms. The van der Waals surface area contributed by atoms with Crippen molar-refractivity contribution in [3.8, 4) is 0 Å². The molecule has 20 heavy (non-hydrogen) atoms. The molecule has 8 nitrogen and oxygen atoms in total. The first-order valence-corrected chi connectivity index (χ1v) is 5.73. The van der Waals surface area contributed by atoms with Gasteiger partial charge in [0.15, 0.2) is 0 Å². The predicted octanol–water partition coefficient (Wildman–Crippen LogP) is 1.14. The van der Waals surface area contributed by atoms with Crippen molar-refractivity contribution >= 4 is 17.6 Å². The number of carbonyl (C=O) groups is 2. The smallest absolute Gasteiger partial charge is 0.344 e. The van der Waals surface area contributed by atoms with Crippen LogP contribution in [-0.4, -0.2) is 32.7 Å². The molecule has 1 aliphatic rings. The second-order valence-electron chi connectivity index (χ2n) is 4.38. The zero-order valence-electron chi connectivity index (χ0n) is 10.4. The molecule has 1 aromatic carbocycles. The molecule has 1 heterocycles. The molecule has 1 fully saturated rings. The zero-order valence-corrected chi connectivity index (χ0v) is 10.4. The van der Waals surface area contributed by atoms with Gasteiger partial charge in [0, 0.05) is 12.1 Å². The van der Waals surface area contributed by atoms with Crippen LogP contribution in [0, 0.1) is 10.1 Å². The highest BCUT2D eigenvalue weighted by Gasteiger charge is 2.80. The maximum Gasteiger partial charge on any atom is 0.344 e. The molecule has 2 N–H and O–H groups in total. The van der Waals surface area contributed by atoms with Crippen LogP contribution in [0.15, 0.2) is 24.3 Å². The zero-order chi connectivity index (χ0) is 15.1. The van der Waals surface area contributed by atoms with Gasteiger partial charge in [0.2, 0.25) is 11.2 Å². The quantitative estimate of drug-likeness (QED) is 0.470. The normalized spacial score (nSPS) is 27.9. The molecule has 0 amide bonds. The van der Waals surface area contributed by atoms with Crippen molar-refractivity contribution in [3.63, 3.8) is 0 Å². The topological polar surface area (TPSA) is 130 Å². The molecule has 1 aromatic rings. The van der Waals surface area contributed by atoms with Crippen LogP contribution >= 0.6 is 0 Å². The van der Waals surface area contributed by atoms with Crippen molar-refractivity contribution in [2.75, 3.05) is 0 Å². The highest BCUT2D eigenvalue weighted by Crippen LogP contribution is 2.58. The molecule has 8 heteroatoms. The van der Waals surface area contributed by atoms with E-state index in [1.165, 1.54) is 19.1 Å². The van der Waals surface area contributed by atoms with Crippen molar-refractivity contribution in [1.82, 2.24) is 0 Å². The standard InChI is InChI=1S/C12H11NO7/c1-2-11(9(14)15)12(20-11,10(16)17)7-3-5-8(6-4-7)13(18)19/h3-6H,2H2,1H3,(H,14,15)(H,16,17)/t11-,12-/m1/s1. The molecule has 0 aliphatic carbocycles. The largest absolute Gasteiger partial charge is 0.479 e. The van der Waals surface area contributed by atoms with Crippen LogP contribution in [0.5, 0.6) is 0 Å². The van der Waals surface area contributed by atoms with Gasteiger partial charge in [0.25, 0.3) is 5.69 Å². The third kappa shape index (κ3) is 1.58. The van der Waals surface area contributed by atoms with Gasteiger partial charge in [0.05, 0.1) is 4.92 Å². The van der Waals surface area contributed by atoms with Crippen LogP contribution < -0.4 is 0 Å². The van der Waals surface area contributed by atoms with Gasteiger partial charge in [-0.1, -0.05) is 6.92 Å². The maximum atomic E-state index is 11.5. The van der Waals surface area contributed by atoms with Crippen LogP contribution in [-0.2, 0) is 19.9 Å². The molecule has 2 rings (SSSR count). The Balaban J connectivity index is 2.50.